The zero-order valence-electron chi connectivity index (χ0n) is 12.0. The fourth-order valence-electron chi connectivity index (χ4n) is 2.55. The highest BCUT2D eigenvalue weighted by Crippen LogP contribution is 2.19. The first-order valence-corrected chi connectivity index (χ1v) is 6.54. The van der Waals surface area contributed by atoms with E-state index in [1.807, 2.05) is 0 Å². The number of amides is 1. The van der Waals surface area contributed by atoms with Crippen LogP contribution in [0, 0.1) is 0 Å². The molecule has 1 aliphatic rings. The molecular formula is C13H19N3O4. The minimum Gasteiger partial charge on any atom is -0.383 e. The molecule has 0 radical (unpaired) electrons. The molecule has 0 aliphatic carbocycles. The Labute approximate surface area is 116 Å². The highest BCUT2D eigenvalue weighted by molar-refractivity contribution is 5.92. The number of carbonyl (C=O) groups excluding carboxylic acids is 1. The average Bonchev–Trinajstić information content (AvgIpc) is 2.88. The number of aromatic nitrogens is 2. The second-order valence-corrected chi connectivity index (χ2v) is 5.02. The van der Waals surface area contributed by atoms with Crippen LogP contribution >= 0.6 is 0 Å². The number of nitrogens with zero attached hydrogens (tertiary/aromatic N) is 3. The molecule has 7 nitrogen and oxygen atoms in total. The topological polar surface area (TPSA) is 73.5 Å². The van der Waals surface area contributed by atoms with Gasteiger partial charge in [-0.05, 0) is 12.8 Å². The van der Waals surface area contributed by atoms with Gasteiger partial charge in [0.15, 0.2) is 0 Å². The predicted octanol–water partition coefficient (Wildman–Crippen LogP) is -0.665. The predicted molar refractivity (Wildman–Crippen MR) is 72.9 cm³/mol. The lowest BCUT2D eigenvalue weighted by molar-refractivity contribution is 0.0619. The van der Waals surface area contributed by atoms with Crippen LogP contribution in [-0.2, 0) is 18.8 Å². The van der Waals surface area contributed by atoms with E-state index in [0.29, 0.717) is 13.2 Å². The Morgan fingerprint density at radius 1 is 1.35 bits per heavy atom. The molecule has 20 heavy (non-hydrogen) atoms. The molecular weight excluding hydrogens is 262 g/mol. The summed E-state index contributed by atoms with van der Waals surface area (Å²) in [6.45, 7) is 1.08. The molecule has 1 atom stereocenters. The van der Waals surface area contributed by atoms with Crippen LogP contribution in [0.5, 0.6) is 0 Å². The van der Waals surface area contributed by atoms with Crippen molar-refractivity contribution >= 4 is 5.91 Å². The normalized spacial score (nSPS) is 18.6. The monoisotopic (exact) mass is 281 g/mol. The van der Waals surface area contributed by atoms with Gasteiger partial charge in [0, 0.05) is 33.8 Å². The number of ether oxygens (including phenoxy) is 1. The van der Waals surface area contributed by atoms with Gasteiger partial charge in [-0.2, -0.15) is 0 Å². The number of methoxy groups -OCH3 is 1. The molecule has 0 unspecified atom stereocenters. The van der Waals surface area contributed by atoms with Crippen molar-refractivity contribution < 1.29 is 9.53 Å². The Morgan fingerprint density at radius 3 is 2.70 bits per heavy atom. The molecule has 0 N–H and O–H groups in total. The van der Waals surface area contributed by atoms with Crippen molar-refractivity contribution in [2.45, 2.75) is 18.9 Å². The van der Waals surface area contributed by atoms with Crippen LogP contribution in [0.3, 0.4) is 0 Å². The molecule has 1 fully saturated rings. The number of hydrogen-bond acceptors (Lipinski definition) is 4. The van der Waals surface area contributed by atoms with Gasteiger partial charge in [0.25, 0.3) is 11.5 Å². The zero-order chi connectivity index (χ0) is 14.9. The Bertz CT molecular complexity index is 631. The fraction of sp³-hybridized carbons (Fsp3) is 0.615. The minimum atomic E-state index is -0.497. The summed E-state index contributed by atoms with van der Waals surface area (Å²) < 4.78 is 7.30. The van der Waals surface area contributed by atoms with E-state index in [9.17, 15) is 14.4 Å². The van der Waals surface area contributed by atoms with Gasteiger partial charge in [0.2, 0.25) is 0 Å². The molecule has 110 valence electrons. The second-order valence-electron chi connectivity index (χ2n) is 5.02. The third-order valence-electron chi connectivity index (χ3n) is 3.74. The SMILES string of the molecule is COC[C@@H]1CCCN1C(=O)c1cc(=O)n(C)c(=O)n1C. The van der Waals surface area contributed by atoms with Gasteiger partial charge in [0.05, 0.1) is 12.6 Å². The molecule has 1 aromatic rings. The van der Waals surface area contributed by atoms with E-state index in [0.717, 1.165) is 17.4 Å². The maximum absolute atomic E-state index is 12.5. The number of hydrogen-bond donors (Lipinski definition) is 0. The van der Waals surface area contributed by atoms with Crippen LogP contribution in [0.1, 0.15) is 23.3 Å². The average molecular weight is 281 g/mol. The van der Waals surface area contributed by atoms with E-state index in [1.54, 1.807) is 12.0 Å². The van der Waals surface area contributed by atoms with Gasteiger partial charge < -0.3 is 9.64 Å². The highest BCUT2D eigenvalue weighted by Gasteiger charge is 2.30. The Balaban J connectivity index is 2.39. The van der Waals surface area contributed by atoms with Crippen LogP contribution in [-0.4, -0.2) is 46.2 Å². The van der Waals surface area contributed by atoms with E-state index in [-0.39, 0.29) is 17.6 Å². The molecule has 1 saturated heterocycles. The van der Waals surface area contributed by atoms with Crippen molar-refractivity contribution in [1.82, 2.24) is 14.0 Å². The lowest BCUT2D eigenvalue weighted by Gasteiger charge is -2.24. The number of rotatable bonds is 3. The van der Waals surface area contributed by atoms with Crippen molar-refractivity contribution in [3.8, 4) is 0 Å². The van der Waals surface area contributed by atoms with Crippen molar-refractivity contribution in [2.24, 2.45) is 14.1 Å². The van der Waals surface area contributed by atoms with Crippen molar-refractivity contribution in [3.05, 3.63) is 32.6 Å². The molecule has 0 aromatic carbocycles. The molecule has 1 aromatic heterocycles. The summed E-state index contributed by atoms with van der Waals surface area (Å²) in [5, 5.41) is 0. The standard InChI is InChI=1S/C13H19N3O4/c1-14-10(7-11(17)15(2)13(14)19)12(18)16-6-4-5-9(16)8-20-3/h7,9H,4-6,8H2,1-3H3/t9-/m0/s1. The van der Waals surface area contributed by atoms with Gasteiger partial charge in [0.1, 0.15) is 5.69 Å². The van der Waals surface area contributed by atoms with Crippen LogP contribution in [0.15, 0.2) is 15.7 Å². The Kier molecular flexibility index (Phi) is 4.08. The molecule has 0 saturated carbocycles. The lowest BCUT2D eigenvalue weighted by Crippen LogP contribution is -2.44. The van der Waals surface area contributed by atoms with Gasteiger partial charge in [-0.3, -0.25) is 18.7 Å². The van der Waals surface area contributed by atoms with Crippen molar-refractivity contribution in [1.29, 1.82) is 0 Å². The summed E-state index contributed by atoms with van der Waals surface area (Å²) in [7, 11) is 4.48. The number of carbonyl (C=O) groups is 1. The molecule has 7 heteroatoms. The first-order chi connectivity index (χ1) is 9.47. The molecule has 1 amide bonds. The Hall–Kier alpha value is -1.89. The summed E-state index contributed by atoms with van der Waals surface area (Å²) in [5.74, 6) is -0.290. The quantitative estimate of drug-likeness (QED) is 0.737. The van der Waals surface area contributed by atoms with Crippen molar-refractivity contribution in [2.75, 3.05) is 20.3 Å². The minimum absolute atomic E-state index is 0.00617. The summed E-state index contributed by atoms with van der Waals surface area (Å²) >= 11 is 0. The maximum atomic E-state index is 12.5. The summed E-state index contributed by atoms with van der Waals surface area (Å²) in [6, 6.07) is 1.22. The van der Waals surface area contributed by atoms with E-state index in [1.165, 1.54) is 24.7 Å². The van der Waals surface area contributed by atoms with E-state index in [4.69, 9.17) is 4.74 Å². The second kappa shape index (κ2) is 5.62. The van der Waals surface area contributed by atoms with Gasteiger partial charge in [-0.15, -0.1) is 0 Å². The van der Waals surface area contributed by atoms with Crippen LogP contribution in [0.25, 0.3) is 0 Å². The maximum Gasteiger partial charge on any atom is 0.331 e. The molecule has 2 rings (SSSR count). The van der Waals surface area contributed by atoms with Gasteiger partial charge >= 0.3 is 5.69 Å². The molecule has 2 heterocycles. The molecule has 0 spiro atoms. The van der Waals surface area contributed by atoms with Gasteiger partial charge in [-0.1, -0.05) is 0 Å². The highest BCUT2D eigenvalue weighted by atomic mass is 16.5. The smallest absolute Gasteiger partial charge is 0.331 e. The first kappa shape index (κ1) is 14.5. The van der Waals surface area contributed by atoms with E-state index < -0.39 is 11.2 Å². The third kappa shape index (κ3) is 2.40. The Morgan fingerprint density at radius 2 is 2.05 bits per heavy atom. The summed E-state index contributed by atoms with van der Waals surface area (Å²) in [5.41, 5.74) is -0.844. The molecule has 1 aliphatic heterocycles. The lowest BCUT2D eigenvalue weighted by atomic mass is 10.2. The van der Waals surface area contributed by atoms with E-state index >= 15 is 0 Å². The fourth-order valence-corrected chi connectivity index (χ4v) is 2.55. The largest absolute Gasteiger partial charge is 0.383 e. The first-order valence-electron chi connectivity index (χ1n) is 6.54. The van der Waals surface area contributed by atoms with Crippen LogP contribution in [0.4, 0.5) is 0 Å². The van der Waals surface area contributed by atoms with Crippen LogP contribution < -0.4 is 11.2 Å². The molecule has 0 bridgehead atoms. The third-order valence-corrected chi connectivity index (χ3v) is 3.74. The van der Waals surface area contributed by atoms with Crippen molar-refractivity contribution in [3.63, 3.8) is 0 Å². The van der Waals surface area contributed by atoms with Gasteiger partial charge in [-0.25, -0.2) is 4.79 Å². The van der Waals surface area contributed by atoms with Crippen LogP contribution in [0.2, 0.25) is 0 Å². The zero-order valence-corrected chi connectivity index (χ0v) is 12.0. The summed E-state index contributed by atoms with van der Waals surface area (Å²) in [6.07, 6.45) is 1.77. The van der Waals surface area contributed by atoms with E-state index in [2.05, 4.69) is 0 Å². The number of likely N-dealkylation sites (tertiary alicyclic amines) is 1. The summed E-state index contributed by atoms with van der Waals surface area (Å²) in [4.78, 5) is 37.8.